The van der Waals surface area contributed by atoms with Gasteiger partial charge in [0.05, 0.1) is 12.8 Å². The first kappa shape index (κ1) is 19.2. The molecule has 0 unspecified atom stereocenters. The summed E-state index contributed by atoms with van der Waals surface area (Å²) in [4.78, 5) is 16.3. The van der Waals surface area contributed by atoms with Crippen LogP contribution in [-0.4, -0.2) is 11.9 Å². The number of aliphatic imine (C=N–C) groups is 1. The van der Waals surface area contributed by atoms with Gasteiger partial charge in [0, 0.05) is 11.4 Å². The number of nitrogens with one attached hydrogen (secondary N) is 2. The number of hydrogen-bond acceptors (Lipinski definition) is 3. The Balaban J connectivity index is 1.56. The first-order valence-corrected chi connectivity index (χ1v) is 9.12. The summed E-state index contributed by atoms with van der Waals surface area (Å²) in [5.41, 5.74) is 9.83. The van der Waals surface area contributed by atoms with Gasteiger partial charge in [0.15, 0.2) is 11.7 Å². The van der Waals surface area contributed by atoms with Crippen LogP contribution in [0, 0.1) is 0 Å². The van der Waals surface area contributed by atoms with Gasteiger partial charge in [-0.3, -0.25) is 4.79 Å². The fraction of sp³-hybridized carbons (Fsp3) is 0.182. The zero-order chi connectivity index (χ0) is 19.9. The van der Waals surface area contributed by atoms with Crippen LogP contribution >= 0.6 is 0 Å². The number of anilines is 2. The highest BCUT2D eigenvalue weighted by molar-refractivity contribution is 6.02. The van der Waals surface area contributed by atoms with Crippen molar-refractivity contribution in [1.29, 1.82) is 0 Å². The van der Waals surface area contributed by atoms with Crippen molar-refractivity contribution >= 4 is 23.2 Å². The van der Waals surface area contributed by atoms with E-state index in [-0.39, 0.29) is 11.7 Å². The Morgan fingerprint density at radius 1 is 1.04 bits per heavy atom. The molecule has 4 N–H and O–H groups in total. The zero-order valence-electron chi connectivity index (χ0n) is 16.0. The number of furan rings is 1. The number of rotatable bonds is 6. The minimum absolute atomic E-state index is 0.272. The zero-order valence-corrected chi connectivity index (χ0v) is 16.0. The minimum Gasteiger partial charge on any atom is -0.459 e. The van der Waals surface area contributed by atoms with E-state index in [4.69, 9.17) is 10.2 Å². The van der Waals surface area contributed by atoms with Gasteiger partial charge in [-0.1, -0.05) is 38.1 Å². The van der Waals surface area contributed by atoms with Crippen LogP contribution in [0.1, 0.15) is 41.4 Å². The third kappa shape index (κ3) is 5.23. The number of guanidine groups is 1. The van der Waals surface area contributed by atoms with Crippen molar-refractivity contribution in [3.05, 3.63) is 83.8 Å². The van der Waals surface area contributed by atoms with E-state index in [2.05, 4.69) is 41.6 Å². The van der Waals surface area contributed by atoms with E-state index >= 15 is 0 Å². The van der Waals surface area contributed by atoms with E-state index in [9.17, 15) is 4.79 Å². The molecule has 0 aliphatic heterocycles. The van der Waals surface area contributed by atoms with Crippen LogP contribution < -0.4 is 16.4 Å². The van der Waals surface area contributed by atoms with E-state index in [0.717, 1.165) is 11.3 Å². The SMILES string of the molecule is CC(C)c1cccc(NC(N)=NCc2ccc(NC(=O)c3ccco3)cc2)c1. The fourth-order valence-corrected chi connectivity index (χ4v) is 2.63. The highest BCUT2D eigenvalue weighted by Crippen LogP contribution is 2.18. The smallest absolute Gasteiger partial charge is 0.291 e. The number of carbonyl (C=O) groups is 1. The van der Waals surface area contributed by atoms with Gasteiger partial charge in [-0.05, 0) is 53.4 Å². The second-order valence-electron chi connectivity index (χ2n) is 6.73. The van der Waals surface area contributed by atoms with Crippen molar-refractivity contribution in [3.8, 4) is 0 Å². The Kier molecular flexibility index (Phi) is 6.11. The molecular weight excluding hydrogens is 352 g/mol. The molecule has 0 saturated heterocycles. The van der Waals surface area contributed by atoms with Gasteiger partial charge in [-0.2, -0.15) is 0 Å². The first-order valence-electron chi connectivity index (χ1n) is 9.12. The molecule has 0 spiro atoms. The molecule has 0 bridgehead atoms. The van der Waals surface area contributed by atoms with E-state index in [1.54, 1.807) is 12.1 Å². The van der Waals surface area contributed by atoms with Crippen molar-refractivity contribution in [3.63, 3.8) is 0 Å². The van der Waals surface area contributed by atoms with Gasteiger partial charge in [0.1, 0.15) is 0 Å². The van der Waals surface area contributed by atoms with Crippen LogP contribution in [0.15, 0.2) is 76.3 Å². The van der Waals surface area contributed by atoms with Crippen molar-refractivity contribution in [2.75, 3.05) is 10.6 Å². The second kappa shape index (κ2) is 8.90. The minimum atomic E-state index is -0.284. The molecule has 0 saturated carbocycles. The summed E-state index contributed by atoms with van der Waals surface area (Å²) in [5.74, 6) is 0.796. The fourth-order valence-electron chi connectivity index (χ4n) is 2.63. The molecule has 2 aromatic carbocycles. The van der Waals surface area contributed by atoms with Crippen LogP contribution in [0.3, 0.4) is 0 Å². The molecule has 1 aromatic heterocycles. The quantitative estimate of drug-likeness (QED) is 0.434. The maximum absolute atomic E-state index is 12.0. The standard InChI is InChI=1S/C22H24N4O2/c1-15(2)17-5-3-6-19(13-17)26-22(23)24-14-16-8-10-18(11-9-16)25-21(27)20-7-4-12-28-20/h3-13,15H,14H2,1-2H3,(H,25,27)(H3,23,24,26). The topological polar surface area (TPSA) is 92.6 Å². The summed E-state index contributed by atoms with van der Waals surface area (Å²) < 4.78 is 5.07. The summed E-state index contributed by atoms with van der Waals surface area (Å²) in [6, 6.07) is 18.9. The maximum atomic E-state index is 12.0. The highest BCUT2D eigenvalue weighted by Gasteiger charge is 2.08. The van der Waals surface area contributed by atoms with E-state index in [0.29, 0.717) is 24.1 Å². The van der Waals surface area contributed by atoms with E-state index in [1.807, 2.05) is 36.4 Å². The van der Waals surface area contributed by atoms with E-state index < -0.39 is 0 Å². The predicted molar refractivity (Wildman–Crippen MR) is 113 cm³/mol. The third-order valence-electron chi connectivity index (χ3n) is 4.21. The summed E-state index contributed by atoms with van der Waals surface area (Å²) in [6.07, 6.45) is 1.47. The molecule has 0 radical (unpaired) electrons. The van der Waals surface area contributed by atoms with Gasteiger partial charge < -0.3 is 20.8 Å². The average molecular weight is 376 g/mol. The van der Waals surface area contributed by atoms with Crippen molar-refractivity contribution < 1.29 is 9.21 Å². The molecule has 28 heavy (non-hydrogen) atoms. The van der Waals surface area contributed by atoms with Gasteiger partial charge in [0.25, 0.3) is 5.91 Å². The molecule has 1 heterocycles. The molecular formula is C22H24N4O2. The Bertz CT molecular complexity index is 945. The molecule has 3 rings (SSSR count). The number of carbonyl (C=O) groups excluding carboxylic acids is 1. The number of amides is 1. The molecule has 1 amide bonds. The van der Waals surface area contributed by atoms with Gasteiger partial charge in [0.2, 0.25) is 0 Å². The number of nitrogens with two attached hydrogens (primary N) is 1. The lowest BCUT2D eigenvalue weighted by Crippen LogP contribution is -2.22. The Morgan fingerprint density at radius 3 is 2.50 bits per heavy atom. The number of nitrogens with zero attached hydrogens (tertiary/aromatic N) is 1. The van der Waals surface area contributed by atoms with Gasteiger partial charge in [-0.25, -0.2) is 4.99 Å². The Hall–Kier alpha value is -3.54. The van der Waals surface area contributed by atoms with Crippen molar-refractivity contribution in [1.82, 2.24) is 0 Å². The summed E-state index contributed by atoms with van der Waals surface area (Å²) in [5, 5.41) is 5.90. The lowest BCUT2D eigenvalue weighted by molar-refractivity contribution is 0.0996. The van der Waals surface area contributed by atoms with Gasteiger partial charge >= 0.3 is 0 Å². The second-order valence-corrected chi connectivity index (χ2v) is 6.73. The predicted octanol–water partition coefficient (Wildman–Crippen LogP) is 4.58. The monoisotopic (exact) mass is 376 g/mol. The molecule has 3 aromatic rings. The third-order valence-corrected chi connectivity index (χ3v) is 4.21. The molecule has 0 aliphatic carbocycles. The largest absolute Gasteiger partial charge is 0.459 e. The lowest BCUT2D eigenvalue weighted by Gasteiger charge is -2.10. The van der Waals surface area contributed by atoms with Crippen molar-refractivity contribution in [2.45, 2.75) is 26.3 Å². The number of benzene rings is 2. The summed E-state index contributed by atoms with van der Waals surface area (Å²) >= 11 is 0. The Labute approximate surface area is 164 Å². The van der Waals surface area contributed by atoms with Crippen LogP contribution in [0.2, 0.25) is 0 Å². The normalized spacial score (nSPS) is 11.5. The van der Waals surface area contributed by atoms with Crippen LogP contribution in [0.5, 0.6) is 0 Å². The van der Waals surface area contributed by atoms with Crippen LogP contribution in [0.4, 0.5) is 11.4 Å². The highest BCUT2D eigenvalue weighted by atomic mass is 16.3. The molecule has 0 atom stereocenters. The molecule has 6 nitrogen and oxygen atoms in total. The maximum Gasteiger partial charge on any atom is 0.291 e. The molecule has 0 aliphatic rings. The number of hydrogen-bond donors (Lipinski definition) is 3. The van der Waals surface area contributed by atoms with Crippen LogP contribution in [0.25, 0.3) is 0 Å². The summed E-state index contributed by atoms with van der Waals surface area (Å²) in [6.45, 7) is 4.74. The summed E-state index contributed by atoms with van der Waals surface area (Å²) in [7, 11) is 0. The van der Waals surface area contributed by atoms with Gasteiger partial charge in [-0.15, -0.1) is 0 Å². The van der Waals surface area contributed by atoms with Crippen molar-refractivity contribution in [2.24, 2.45) is 10.7 Å². The van der Waals surface area contributed by atoms with Crippen LogP contribution in [-0.2, 0) is 6.54 Å². The Morgan fingerprint density at radius 2 is 1.82 bits per heavy atom. The first-order chi connectivity index (χ1) is 13.5. The average Bonchev–Trinajstić information content (AvgIpc) is 3.23. The molecule has 144 valence electrons. The van der Waals surface area contributed by atoms with E-state index in [1.165, 1.54) is 11.8 Å². The molecule has 0 fully saturated rings. The molecule has 6 heteroatoms. The lowest BCUT2D eigenvalue weighted by atomic mass is 10.0.